The third kappa shape index (κ3) is 3.49. The molecule has 0 spiro atoms. The molecule has 1 atom stereocenters. The van der Waals surface area contributed by atoms with Crippen molar-refractivity contribution < 1.29 is 4.79 Å². The van der Waals surface area contributed by atoms with Crippen LogP contribution in [0.4, 0.5) is 5.82 Å². The van der Waals surface area contributed by atoms with E-state index in [0.717, 1.165) is 31.5 Å². The van der Waals surface area contributed by atoms with Gasteiger partial charge in [0.15, 0.2) is 5.16 Å². The zero-order chi connectivity index (χ0) is 16.9. The Hall–Kier alpha value is -2.59. The van der Waals surface area contributed by atoms with Gasteiger partial charge in [0.05, 0.1) is 6.20 Å². The fourth-order valence-electron chi connectivity index (χ4n) is 2.62. The largest absolute Gasteiger partial charge is 0.382 e. The van der Waals surface area contributed by atoms with E-state index in [9.17, 15) is 4.79 Å². The molecule has 1 aromatic heterocycles. The number of benzene rings is 1. The molecule has 122 valence electrons. The van der Waals surface area contributed by atoms with E-state index in [-0.39, 0.29) is 17.3 Å². The smallest absolute Gasteiger partial charge is 0.240 e. The van der Waals surface area contributed by atoms with Gasteiger partial charge >= 0.3 is 0 Å². The lowest BCUT2D eigenvalue weighted by Crippen LogP contribution is -2.31. The maximum absolute atomic E-state index is 12.9. The van der Waals surface area contributed by atoms with E-state index in [4.69, 9.17) is 11.0 Å². The normalized spacial score (nSPS) is 15.0. The molecule has 1 unspecified atom stereocenters. The summed E-state index contributed by atoms with van der Waals surface area (Å²) in [6.45, 7) is 1.58. The molecule has 0 bridgehead atoms. The van der Waals surface area contributed by atoms with Gasteiger partial charge in [-0.3, -0.25) is 4.79 Å². The van der Waals surface area contributed by atoms with Crippen LogP contribution >= 0.6 is 11.8 Å². The first-order valence-electron chi connectivity index (χ1n) is 7.72. The lowest BCUT2D eigenvalue weighted by Gasteiger charge is -2.22. The Labute approximate surface area is 144 Å². The average molecular weight is 339 g/mol. The zero-order valence-corrected chi connectivity index (χ0v) is 13.9. The number of nitrogens with two attached hydrogens (primary N) is 1. The lowest BCUT2D eigenvalue weighted by atomic mass is 10.1. The quantitative estimate of drug-likeness (QED) is 0.679. The van der Waals surface area contributed by atoms with Crippen LogP contribution in [-0.4, -0.2) is 33.9 Å². The van der Waals surface area contributed by atoms with E-state index in [1.54, 1.807) is 0 Å². The first kappa shape index (κ1) is 16.3. The van der Waals surface area contributed by atoms with Crippen molar-refractivity contribution >= 4 is 23.5 Å². The van der Waals surface area contributed by atoms with Crippen LogP contribution in [0.25, 0.3) is 0 Å². The Morgan fingerprint density at radius 3 is 2.62 bits per heavy atom. The molecule has 6 nitrogen and oxygen atoms in total. The van der Waals surface area contributed by atoms with Crippen molar-refractivity contribution in [2.24, 2.45) is 0 Å². The van der Waals surface area contributed by atoms with E-state index in [1.807, 2.05) is 41.3 Å². The van der Waals surface area contributed by atoms with Gasteiger partial charge in [-0.15, -0.1) is 0 Å². The Morgan fingerprint density at radius 2 is 2.00 bits per heavy atom. The number of rotatable bonds is 4. The van der Waals surface area contributed by atoms with Gasteiger partial charge in [0.25, 0.3) is 0 Å². The summed E-state index contributed by atoms with van der Waals surface area (Å²) in [7, 11) is 0. The molecule has 2 N–H and O–H groups in total. The SMILES string of the molecule is N#Cc1cnc(SC(C(=O)N2CCCC2)c2ccccc2)nc1N. The number of carbonyl (C=O) groups is 1. The fraction of sp³-hybridized carbons (Fsp3) is 0.294. The van der Waals surface area contributed by atoms with Crippen molar-refractivity contribution in [3.8, 4) is 6.07 Å². The lowest BCUT2D eigenvalue weighted by molar-refractivity contribution is -0.129. The topological polar surface area (TPSA) is 95.9 Å². The minimum absolute atomic E-state index is 0.0650. The van der Waals surface area contributed by atoms with E-state index >= 15 is 0 Å². The Bertz CT molecular complexity index is 768. The number of anilines is 1. The molecule has 24 heavy (non-hydrogen) atoms. The van der Waals surface area contributed by atoms with Crippen LogP contribution in [-0.2, 0) is 4.79 Å². The zero-order valence-electron chi connectivity index (χ0n) is 13.1. The number of thioether (sulfide) groups is 1. The molecule has 0 saturated carbocycles. The predicted molar refractivity (Wildman–Crippen MR) is 92.0 cm³/mol. The highest BCUT2D eigenvalue weighted by Crippen LogP contribution is 2.36. The molecule has 3 rings (SSSR count). The number of aromatic nitrogens is 2. The molecule has 1 aromatic carbocycles. The number of nitriles is 1. The van der Waals surface area contributed by atoms with Crippen LogP contribution < -0.4 is 5.73 Å². The second-order valence-electron chi connectivity index (χ2n) is 5.50. The second kappa shape index (κ2) is 7.32. The summed E-state index contributed by atoms with van der Waals surface area (Å²) in [5.41, 5.74) is 6.91. The van der Waals surface area contributed by atoms with Crippen LogP contribution in [0.15, 0.2) is 41.7 Å². The molecule has 0 aliphatic carbocycles. The Kier molecular flexibility index (Phi) is 4.96. The van der Waals surface area contributed by atoms with Crippen LogP contribution in [0.3, 0.4) is 0 Å². The summed E-state index contributed by atoms with van der Waals surface area (Å²) < 4.78 is 0. The molecule has 1 fully saturated rings. The Morgan fingerprint density at radius 1 is 1.29 bits per heavy atom. The van der Waals surface area contributed by atoms with Crippen LogP contribution in [0.5, 0.6) is 0 Å². The molecular formula is C17H17N5OS. The van der Waals surface area contributed by atoms with E-state index in [0.29, 0.717) is 5.16 Å². The minimum atomic E-state index is -0.420. The standard InChI is InChI=1S/C17H17N5OS/c18-10-13-11-20-17(21-15(13)19)24-14(12-6-2-1-3-7-12)16(23)22-8-4-5-9-22/h1-3,6-7,11,14H,4-5,8-9H2,(H2,19,20,21). The average Bonchev–Trinajstić information content (AvgIpc) is 3.15. The highest BCUT2D eigenvalue weighted by Gasteiger charge is 2.29. The van der Waals surface area contributed by atoms with Crippen molar-refractivity contribution in [1.29, 1.82) is 5.26 Å². The van der Waals surface area contributed by atoms with Crippen LogP contribution in [0, 0.1) is 11.3 Å². The molecule has 7 heteroatoms. The number of nitrogens with zero attached hydrogens (tertiary/aromatic N) is 4. The van der Waals surface area contributed by atoms with Gasteiger partial charge in [-0.1, -0.05) is 42.1 Å². The number of carbonyl (C=O) groups excluding carboxylic acids is 1. The van der Waals surface area contributed by atoms with Crippen molar-refractivity contribution in [3.63, 3.8) is 0 Å². The monoisotopic (exact) mass is 339 g/mol. The fourth-order valence-corrected chi connectivity index (χ4v) is 3.64. The molecule has 1 aliphatic rings. The van der Waals surface area contributed by atoms with E-state index in [1.165, 1.54) is 18.0 Å². The molecule has 1 saturated heterocycles. The van der Waals surface area contributed by atoms with Crippen LogP contribution in [0.2, 0.25) is 0 Å². The third-order valence-corrected chi connectivity index (χ3v) is 5.00. The Balaban J connectivity index is 1.89. The molecule has 1 aliphatic heterocycles. The molecule has 1 amide bonds. The minimum Gasteiger partial charge on any atom is -0.382 e. The first-order chi connectivity index (χ1) is 11.7. The maximum atomic E-state index is 12.9. The molecular weight excluding hydrogens is 322 g/mol. The van der Waals surface area contributed by atoms with Gasteiger partial charge in [0.1, 0.15) is 22.7 Å². The van der Waals surface area contributed by atoms with Gasteiger partial charge < -0.3 is 10.6 Å². The number of hydrogen-bond acceptors (Lipinski definition) is 6. The number of nitrogen functional groups attached to an aromatic ring is 1. The third-order valence-electron chi connectivity index (χ3n) is 3.88. The van der Waals surface area contributed by atoms with Crippen molar-refractivity contribution in [2.75, 3.05) is 18.8 Å². The van der Waals surface area contributed by atoms with Crippen molar-refractivity contribution in [1.82, 2.24) is 14.9 Å². The number of likely N-dealkylation sites (tertiary alicyclic amines) is 1. The summed E-state index contributed by atoms with van der Waals surface area (Å²) in [4.78, 5) is 23.1. The summed E-state index contributed by atoms with van der Waals surface area (Å²) in [5, 5.41) is 8.90. The summed E-state index contributed by atoms with van der Waals surface area (Å²) in [6.07, 6.45) is 3.48. The second-order valence-corrected chi connectivity index (χ2v) is 6.58. The van der Waals surface area contributed by atoms with Gasteiger partial charge in [0.2, 0.25) is 5.91 Å². The highest BCUT2D eigenvalue weighted by molar-refractivity contribution is 8.00. The predicted octanol–water partition coefficient (Wildman–Crippen LogP) is 2.39. The van der Waals surface area contributed by atoms with Gasteiger partial charge in [-0.25, -0.2) is 9.97 Å². The summed E-state index contributed by atoms with van der Waals surface area (Å²) >= 11 is 1.27. The van der Waals surface area contributed by atoms with Gasteiger partial charge in [0, 0.05) is 13.1 Å². The summed E-state index contributed by atoms with van der Waals surface area (Å²) in [5.74, 6) is 0.200. The van der Waals surface area contributed by atoms with Crippen LogP contribution in [0.1, 0.15) is 29.2 Å². The number of hydrogen-bond donors (Lipinski definition) is 1. The van der Waals surface area contributed by atoms with Gasteiger partial charge in [-0.2, -0.15) is 5.26 Å². The molecule has 0 radical (unpaired) electrons. The summed E-state index contributed by atoms with van der Waals surface area (Å²) in [6, 6.07) is 11.5. The van der Waals surface area contributed by atoms with Crippen molar-refractivity contribution in [2.45, 2.75) is 23.2 Å². The molecule has 2 aromatic rings. The molecule has 2 heterocycles. The first-order valence-corrected chi connectivity index (χ1v) is 8.60. The number of amides is 1. The van der Waals surface area contributed by atoms with Crippen molar-refractivity contribution in [3.05, 3.63) is 47.7 Å². The van der Waals surface area contributed by atoms with E-state index < -0.39 is 5.25 Å². The van der Waals surface area contributed by atoms with Gasteiger partial charge in [-0.05, 0) is 18.4 Å². The highest BCUT2D eigenvalue weighted by atomic mass is 32.2. The van der Waals surface area contributed by atoms with E-state index in [2.05, 4.69) is 9.97 Å². The maximum Gasteiger partial charge on any atom is 0.240 e.